The van der Waals surface area contributed by atoms with Crippen LogP contribution in [0.4, 0.5) is 16.2 Å². The molecule has 9 heteroatoms. The topological polar surface area (TPSA) is 109 Å². The molecule has 0 radical (unpaired) electrons. The van der Waals surface area contributed by atoms with E-state index >= 15 is 0 Å². The van der Waals surface area contributed by atoms with Gasteiger partial charge in [-0.3, -0.25) is 9.71 Å². The van der Waals surface area contributed by atoms with Crippen molar-refractivity contribution >= 4 is 27.4 Å². The lowest BCUT2D eigenvalue weighted by Crippen LogP contribution is -2.28. The fraction of sp³-hybridized carbons (Fsp3) is 0.143. The lowest BCUT2D eigenvalue weighted by molar-refractivity contribution is 0.251. The van der Waals surface area contributed by atoms with Gasteiger partial charge < -0.3 is 15.4 Å². The van der Waals surface area contributed by atoms with E-state index in [2.05, 4.69) is 20.3 Å². The van der Waals surface area contributed by atoms with E-state index in [9.17, 15) is 13.2 Å². The molecule has 0 aliphatic rings. The molecule has 0 fully saturated rings. The number of hydrogen-bond donors (Lipinski definition) is 3. The number of amides is 2. The molecule has 2 amide bonds. The van der Waals surface area contributed by atoms with Gasteiger partial charge >= 0.3 is 6.03 Å². The number of ether oxygens (including phenoxy) is 1. The van der Waals surface area contributed by atoms with Crippen LogP contribution >= 0.6 is 0 Å². The number of sulfonamides is 1. The number of nitrogens with one attached hydrogen (secondary N) is 3. The number of hydrogen-bond acceptors (Lipinski definition) is 5. The van der Waals surface area contributed by atoms with Crippen molar-refractivity contribution < 1.29 is 17.9 Å². The largest absolute Gasteiger partial charge is 0.494 e. The standard InChI is InChI=1S/C21H22N4O4S/c1-2-29-19-9-5-18(6-10-19)25-30(27,28)20-11-7-17(8-12-20)24-21(26)23-15-16-4-3-13-22-14-16/h3-14,25H,2,15H2,1H3,(H2,23,24,26). The fourth-order valence-corrected chi connectivity index (χ4v) is 3.64. The smallest absolute Gasteiger partial charge is 0.319 e. The third kappa shape index (κ3) is 5.95. The third-order valence-electron chi connectivity index (χ3n) is 4.02. The van der Waals surface area contributed by atoms with Crippen LogP contribution in [0.2, 0.25) is 0 Å². The molecule has 8 nitrogen and oxygen atoms in total. The Kier molecular flexibility index (Phi) is 6.87. The maximum absolute atomic E-state index is 12.6. The molecule has 3 N–H and O–H groups in total. The Hall–Kier alpha value is -3.59. The van der Waals surface area contributed by atoms with Crippen molar-refractivity contribution in [3.63, 3.8) is 0 Å². The molecule has 156 valence electrons. The number of benzene rings is 2. The molecular formula is C21H22N4O4S. The predicted molar refractivity (Wildman–Crippen MR) is 115 cm³/mol. The normalized spacial score (nSPS) is 10.8. The molecule has 2 aromatic carbocycles. The summed E-state index contributed by atoms with van der Waals surface area (Å²) < 4.78 is 33.0. The van der Waals surface area contributed by atoms with Crippen molar-refractivity contribution in [2.75, 3.05) is 16.6 Å². The number of pyridine rings is 1. The highest BCUT2D eigenvalue weighted by molar-refractivity contribution is 7.92. The lowest BCUT2D eigenvalue weighted by atomic mass is 10.3. The number of carbonyl (C=O) groups excluding carboxylic acids is 1. The summed E-state index contributed by atoms with van der Waals surface area (Å²) in [6.45, 7) is 2.74. The summed E-state index contributed by atoms with van der Waals surface area (Å²) in [5.74, 6) is 0.665. The van der Waals surface area contributed by atoms with Gasteiger partial charge in [0.1, 0.15) is 5.75 Å². The summed E-state index contributed by atoms with van der Waals surface area (Å²) in [5.41, 5.74) is 1.77. The van der Waals surface area contributed by atoms with Gasteiger partial charge in [0.05, 0.1) is 11.5 Å². The van der Waals surface area contributed by atoms with Gasteiger partial charge in [0.2, 0.25) is 0 Å². The zero-order valence-electron chi connectivity index (χ0n) is 16.3. The first-order valence-electron chi connectivity index (χ1n) is 9.26. The van der Waals surface area contributed by atoms with Crippen LogP contribution < -0.4 is 20.1 Å². The summed E-state index contributed by atoms with van der Waals surface area (Å²) in [5, 5.41) is 5.37. The Morgan fingerprint density at radius 3 is 2.33 bits per heavy atom. The number of urea groups is 1. The third-order valence-corrected chi connectivity index (χ3v) is 5.41. The van der Waals surface area contributed by atoms with Crippen LogP contribution in [0, 0.1) is 0 Å². The van der Waals surface area contributed by atoms with Gasteiger partial charge in [0.15, 0.2) is 0 Å². The van der Waals surface area contributed by atoms with Gasteiger partial charge in [-0.15, -0.1) is 0 Å². The second-order valence-electron chi connectivity index (χ2n) is 6.26. The van der Waals surface area contributed by atoms with Crippen LogP contribution in [0.15, 0.2) is 78.0 Å². The highest BCUT2D eigenvalue weighted by atomic mass is 32.2. The molecule has 1 heterocycles. The average molecular weight is 426 g/mol. The second kappa shape index (κ2) is 9.75. The van der Waals surface area contributed by atoms with Gasteiger partial charge in [-0.25, -0.2) is 13.2 Å². The Bertz CT molecular complexity index is 1070. The predicted octanol–water partition coefficient (Wildman–Crippen LogP) is 3.60. The molecular weight excluding hydrogens is 404 g/mol. The SMILES string of the molecule is CCOc1ccc(NS(=O)(=O)c2ccc(NC(=O)NCc3cccnc3)cc2)cc1. The average Bonchev–Trinajstić information content (AvgIpc) is 2.75. The maximum Gasteiger partial charge on any atom is 0.319 e. The molecule has 1 aromatic heterocycles. The van der Waals surface area contributed by atoms with E-state index in [-0.39, 0.29) is 4.90 Å². The van der Waals surface area contributed by atoms with Crippen LogP contribution in [-0.2, 0) is 16.6 Å². The monoisotopic (exact) mass is 426 g/mol. The first-order chi connectivity index (χ1) is 14.5. The fourth-order valence-electron chi connectivity index (χ4n) is 2.58. The molecule has 0 spiro atoms. The molecule has 3 aromatic rings. The molecule has 3 rings (SSSR count). The second-order valence-corrected chi connectivity index (χ2v) is 7.94. The van der Waals surface area contributed by atoms with E-state index in [4.69, 9.17) is 4.74 Å². The van der Waals surface area contributed by atoms with E-state index in [1.54, 1.807) is 42.7 Å². The van der Waals surface area contributed by atoms with Crippen molar-refractivity contribution in [3.05, 3.63) is 78.6 Å². The summed E-state index contributed by atoms with van der Waals surface area (Å²) >= 11 is 0. The Balaban J connectivity index is 1.57. The number of carbonyl (C=O) groups is 1. The highest BCUT2D eigenvalue weighted by Crippen LogP contribution is 2.20. The molecule has 30 heavy (non-hydrogen) atoms. The van der Waals surface area contributed by atoms with Crippen molar-refractivity contribution in [3.8, 4) is 5.75 Å². The first-order valence-corrected chi connectivity index (χ1v) is 10.7. The molecule has 0 aliphatic heterocycles. The van der Waals surface area contributed by atoms with E-state index < -0.39 is 16.1 Å². The van der Waals surface area contributed by atoms with Gasteiger partial charge in [-0.1, -0.05) is 6.07 Å². The Morgan fingerprint density at radius 1 is 1.00 bits per heavy atom. The summed E-state index contributed by atoms with van der Waals surface area (Å²) in [7, 11) is -3.76. The molecule has 0 aliphatic carbocycles. The van der Waals surface area contributed by atoms with Crippen molar-refractivity contribution in [1.82, 2.24) is 10.3 Å². The lowest BCUT2D eigenvalue weighted by Gasteiger charge is -2.11. The number of rotatable bonds is 8. The van der Waals surface area contributed by atoms with Gasteiger partial charge in [0.25, 0.3) is 10.0 Å². The van der Waals surface area contributed by atoms with Crippen molar-refractivity contribution in [2.24, 2.45) is 0 Å². The Morgan fingerprint density at radius 2 is 1.70 bits per heavy atom. The molecule has 0 saturated heterocycles. The van der Waals surface area contributed by atoms with Crippen LogP contribution in [-0.4, -0.2) is 26.0 Å². The van der Waals surface area contributed by atoms with E-state index in [1.165, 1.54) is 24.3 Å². The molecule has 0 unspecified atom stereocenters. The van der Waals surface area contributed by atoms with E-state index in [1.807, 2.05) is 13.0 Å². The quantitative estimate of drug-likeness (QED) is 0.510. The number of nitrogens with zero attached hydrogens (tertiary/aromatic N) is 1. The van der Waals surface area contributed by atoms with E-state index in [0.29, 0.717) is 30.3 Å². The van der Waals surface area contributed by atoms with Gasteiger partial charge in [-0.2, -0.15) is 0 Å². The summed E-state index contributed by atoms with van der Waals surface area (Å²) in [4.78, 5) is 16.1. The van der Waals surface area contributed by atoms with Crippen LogP contribution in [0.3, 0.4) is 0 Å². The van der Waals surface area contributed by atoms with Crippen molar-refractivity contribution in [2.45, 2.75) is 18.4 Å². The van der Waals surface area contributed by atoms with Crippen LogP contribution in [0.5, 0.6) is 5.75 Å². The highest BCUT2D eigenvalue weighted by Gasteiger charge is 2.14. The minimum atomic E-state index is -3.76. The first kappa shape index (κ1) is 21.1. The van der Waals surface area contributed by atoms with Crippen LogP contribution in [0.25, 0.3) is 0 Å². The van der Waals surface area contributed by atoms with Crippen LogP contribution in [0.1, 0.15) is 12.5 Å². The maximum atomic E-state index is 12.6. The summed E-state index contributed by atoms with van der Waals surface area (Å²) in [6, 6.07) is 15.8. The zero-order chi connectivity index (χ0) is 21.4. The molecule has 0 saturated carbocycles. The van der Waals surface area contributed by atoms with Gasteiger partial charge in [0, 0.05) is 30.3 Å². The van der Waals surface area contributed by atoms with E-state index in [0.717, 1.165) is 5.56 Å². The molecule has 0 bridgehead atoms. The zero-order valence-corrected chi connectivity index (χ0v) is 17.1. The number of anilines is 2. The van der Waals surface area contributed by atoms with Crippen molar-refractivity contribution in [1.29, 1.82) is 0 Å². The van der Waals surface area contributed by atoms with Gasteiger partial charge in [-0.05, 0) is 67.1 Å². The minimum absolute atomic E-state index is 0.0812. The summed E-state index contributed by atoms with van der Waals surface area (Å²) in [6.07, 6.45) is 3.32. The number of aromatic nitrogens is 1. The molecule has 0 atom stereocenters. The minimum Gasteiger partial charge on any atom is -0.494 e. The Labute approximate surface area is 175 Å².